The number of rotatable bonds is 12. The zero-order valence-corrected chi connectivity index (χ0v) is 17.8. The summed E-state index contributed by atoms with van der Waals surface area (Å²) < 4.78 is 21.4. The van der Waals surface area contributed by atoms with E-state index >= 15 is 0 Å². The summed E-state index contributed by atoms with van der Waals surface area (Å²) in [7, 11) is 3.14. The highest BCUT2D eigenvalue weighted by Crippen LogP contribution is 2.31. The van der Waals surface area contributed by atoms with Gasteiger partial charge in [0.25, 0.3) is 0 Å². The highest BCUT2D eigenvalue weighted by molar-refractivity contribution is 5.76. The predicted octanol–water partition coefficient (Wildman–Crippen LogP) is 3.41. The molecule has 0 bridgehead atoms. The smallest absolute Gasteiger partial charge is 0.227 e. The minimum absolute atomic E-state index is 0.0612. The Morgan fingerprint density at radius 1 is 1.06 bits per heavy atom. The first-order valence-corrected chi connectivity index (χ1v) is 10.1. The number of hydrogen-bond acceptors (Lipinski definition) is 7. The van der Waals surface area contributed by atoms with Crippen LogP contribution in [0.15, 0.2) is 53.1 Å². The standard InChI is InChI=1S/C23H27N3O5/c1-28-19-10-9-18(15-20(19)29-2)23-25-22(31-26-23)12-11-21(27)24-13-6-14-30-16-17-7-4-3-5-8-17/h3-5,7-10,15H,6,11-14,16H2,1-2H3,(H,24,27). The van der Waals surface area contributed by atoms with Crippen LogP contribution in [0.4, 0.5) is 0 Å². The molecular weight excluding hydrogens is 398 g/mol. The molecule has 3 aromatic rings. The van der Waals surface area contributed by atoms with Crippen molar-refractivity contribution in [2.75, 3.05) is 27.4 Å². The largest absolute Gasteiger partial charge is 0.493 e. The van der Waals surface area contributed by atoms with Gasteiger partial charge in [0.05, 0.1) is 20.8 Å². The summed E-state index contributed by atoms with van der Waals surface area (Å²) in [6, 6.07) is 15.4. The van der Waals surface area contributed by atoms with Crippen molar-refractivity contribution in [1.82, 2.24) is 15.5 Å². The van der Waals surface area contributed by atoms with E-state index in [1.54, 1.807) is 26.4 Å². The zero-order chi connectivity index (χ0) is 21.9. The SMILES string of the molecule is COc1ccc(-c2noc(CCC(=O)NCCCOCc3ccccc3)n2)cc1OC. The van der Waals surface area contributed by atoms with Crippen molar-refractivity contribution in [3.8, 4) is 22.9 Å². The molecule has 0 fully saturated rings. The second kappa shape index (κ2) is 11.7. The van der Waals surface area contributed by atoms with E-state index < -0.39 is 0 Å². The quantitative estimate of drug-likeness (QED) is 0.444. The predicted molar refractivity (Wildman–Crippen MR) is 115 cm³/mol. The number of benzene rings is 2. The summed E-state index contributed by atoms with van der Waals surface area (Å²) in [6.07, 6.45) is 1.40. The van der Waals surface area contributed by atoms with E-state index in [-0.39, 0.29) is 12.3 Å². The lowest BCUT2D eigenvalue weighted by Gasteiger charge is -2.07. The first-order chi connectivity index (χ1) is 15.2. The Morgan fingerprint density at radius 3 is 2.65 bits per heavy atom. The number of amides is 1. The molecule has 0 unspecified atom stereocenters. The molecule has 1 N–H and O–H groups in total. The molecule has 0 spiro atoms. The molecule has 2 aromatic carbocycles. The number of nitrogens with zero attached hydrogens (tertiary/aromatic N) is 2. The van der Waals surface area contributed by atoms with Crippen LogP contribution in [0.5, 0.6) is 11.5 Å². The normalized spacial score (nSPS) is 10.6. The van der Waals surface area contributed by atoms with Gasteiger partial charge < -0.3 is 24.1 Å². The highest BCUT2D eigenvalue weighted by atomic mass is 16.5. The maximum Gasteiger partial charge on any atom is 0.227 e. The molecule has 0 aliphatic heterocycles. The first kappa shape index (κ1) is 22.3. The Balaban J connectivity index is 1.36. The van der Waals surface area contributed by atoms with Gasteiger partial charge in [0.15, 0.2) is 11.5 Å². The van der Waals surface area contributed by atoms with Crippen molar-refractivity contribution < 1.29 is 23.5 Å². The third kappa shape index (κ3) is 6.82. The Bertz CT molecular complexity index is 959. The molecule has 1 aromatic heterocycles. The van der Waals surface area contributed by atoms with Gasteiger partial charge in [-0.2, -0.15) is 4.98 Å². The van der Waals surface area contributed by atoms with Gasteiger partial charge in [0.1, 0.15) is 0 Å². The lowest BCUT2D eigenvalue weighted by molar-refractivity contribution is -0.121. The summed E-state index contributed by atoms with van der Waals surface area (Å²) in [6.45, 7) is 1.73. The molecule has 164 valence electrons. The molecule has 1 amide bonds. The van der Waals surface area contributed by atoms with Gasteiger partial charge in [-0.1, -0.05) is 35.5 Å². The second-order valence-electron chi connectivity index (χ2n) is 6.82. The van der Waals surface area contributed by atoms with E-state index in [1.165, 1.54) is 0 Å². The van der Waals surface area contributed by atoms with Crippen LogP contribution in [0.3, 0.4) is 0 Å². The van der Waals surface area contributed by atoms with Gasteiger partial charge >= 0.3 is 0 Å². The summed E-state index contributed by atoms with van der Waals surface area (Å²) in [4.78, 5) is 16.4. The van der Waals surface area contributed by atoms with E-state index in [9.17, 15) is 4.79 Å². The fraction of sp³-hybridized carbons (Fsp3) is 0.348. The topological polar surface area (TPSA) is 95.7 Å². The van der Waals surface area contributed by atoms with Crippen LogP contribution < -0.4 is 14.8 Å². The van der Waals surface area contributed by atoms with Gasteiger partial charge in [-0.25, -0.2) is 0 Å². The monoisotopic (exact) mass is 425 g/mol. The van der Waals surface area contributed by atoms with Crippen LogP contribution in [-0.4, -0.2) is 43.4 Å². The maximum absolute atomic E-state index is 12.0. The van der Waals surface area contributed by atoms with Crippen molar-refractivity contribution in [2.45, 2.75) is 25.9 Å². The summed E-state index contributed by atoms with van der Waals surface area (Å²) >= 11 is 0. The van der Waals surface area contributed by atoms with Gasteiger partial charge in [-0.15, -0.1) is 0 Å². The van der Waals surface area contributed by atoms with Crippen LogP contribution in [0.25, 0.3) is 11.4 Å². The van der Waals surface area contributed by atoms with Crippen molar-refractivity contribution in [1.29, 1.82) is 0 Å². The van der Waals surface area contributed by atoms with Crippen LogP contribution in [0, 0.1) is 0 Å². The fourth-order valence-electron chi connectivity index (χ4n) is 2.92. The van der Waals surface area contributed by atoms with E-state index in [2.05, 4.69) is 15.5 Å². The van der Waals surface area contributed by atoms with Crippen molar-refractivity contribution in [3.05, 3.63) is 60.0 Å². The van der Waals surface area contributed by atoms with Crippen LogP contribution in [0.2, 0.25) is 0 Å². The molecule has 0 saturated carbocycles. The molecule has 8 heteroatoms. The molecular formula is C23H27N3O5. The number of methoxy groups -OCH3 is 2. The Labute approximate surface area is 181 Å². The molecule has 8 nitrogen and oxygen atoms in total. The van der Waals surface area contributed by atoms with Crippen molar-refractivity contribution in [3.63, 3.8) is 0 Å². The molecule has 0 saturated heterocycles. The van der Waals surface area contributed by atoms with Gasteiger partial charge in [0.2, 0.25) is 17.6 Å². The van der Waals surface area contributed by atoms with Crippen LogP contribution in [-0.2, 0) is 22.6 Å². The molecule has 3 rings (SSSR count). The fourth-order valence-corrected chi connectivity index (χ4v) is 2.92. The molecule has 1 heterocycles. The number of hydrogen-bond donors (Lipinski definition) is 1. The average molecular weight is 425 g/mol. The number of aromatic nitrogens is 2. The number of aryl methyl sites for hydroxylation is 1. The minimum atomic E-state index is -0.0612. The summed E-state index contributed by atoms with van der Waals surface area (Å²) in [5.74, 6) is 1.99. The zero-order valence-electron chi connectivity index (χ0n) is 17.8. The summed E-state index contributed by atoms with van der Waals surface area (Å²) in [5.41, 5.74) is 1.88. The molecule has 0 atom stereocenters. The number of nitrogens with one attached hydrogen (secondary N) is 1. The third-order valence-electron chi connectivity index (χ3n) is 4.57. The number of ether oxygens (including phenoxy) is 3. The lowest BCUT2D eigenvalue weighted by Crippen LogP contribution is -2.25. The van der Waals surface area contributed by atoms with E-state index in [1.807, 2.05) is 36.4 Å². The first-order valence-electron chi connectivity index (χ1n) is 10.1. The van der Waals surface area contributed by atoms with Gasteiger partial charge in [-0.3, -0.25) is 4.79 Å². The van der Waals surface area contributed by atoms with E-state index in [4.69, 9.17) is 18.7 Å². The second-order valence-corrected chi connectivity index (χ2v) is 6.82. The van der Waals surface area contributed by atoms with Gasteiger partial charge in [-0.05, 0) is 30.2 Å². The number of carbonyl (C=O) groups excluding carboxylic acids is 1. The maximum atomic E-state index is 12.0. The molecule has 0 radical (unpaired) electrons. The number of carbonyl (C=O) groups is 1. The van der Waals surface area contributed by atoms with Crippen molar-refractivity contribution in [2.24, 2.45) is 0 Å². The Hall–Kier alpha value is -3.39. The van der Waals surface area contributed by atoms with Crippen LogP contribution in [0.1, 0.15) is 24.3 Å². The molecule has 0 aliphatic carbocycles. The minimum Gasteiger partial charge on any atom is -0.493 e. The Kier molecular flexibility index (Phi) is 8.42. The van der Waals surface area contributed by atoms with Crippen molar-refractivity contribution >= 4 is 5.91 Å². The van der Waals surface area contributed by atoms with Gasteiger partial charge in [0, 0.05) is 31.6 Å². The lowest BCUT2D eigenvalue weighted by atomic mass is 10.2. The highest BCUT2D eigenvalue weighted by Gasteiger charge is 2.13. The van der Waals surface area contributed by atoms with Crippen LogP contribution >= 0.6 is 0 Å². The molecule has 31 heavy (non-hydrogen) atoms. The third-order valence-corrected chi connectivity index (χ3v) is 4.57. The average Bonchev–Trinajstić information content (AvgIpc) is 3.29. The molecule has 0 aliphatic rings. The van der Waals surface area contributed by atoms with E-state index in [0.717, 1.165) is 17.5 Å². The summed E-state index contributed by atoms with van der Waals surface area (Å²) in [5, 5.41) is 6.86. The van der Waals surface area contributed by atoms with E-state index in [0.29, 0.717) is 49.4 Å². The Morgan fingerprint density at radius 2 is 1.87 bits per heavy atom.